The Labute approximate surface area is 174 Å². The molecule has 0 aliphatic heterocycles. The van der Waals surface area contributed by atoms with Crippen LogP contribution in [0.5, 0.6) is 0 Å². The van der Waals surface area contributed by atoms with E-state index >= 15 is 0 Å². The molecule has 2 aromatic carbocycles. The number of nitrogens with one attached hydrogen (secondary N) is 2. The summed E-state index contributed by atoms with van der Waals surface area (Å²) in [5.74, 6) is -0.580. The molecule has 0 saturated heterocycles. The Morgan fingerprint density at radius 1 is 0.767 bits per heavy atom. The third-order valence-corrected chi connectivity index (χ3v) is 5.08. The van der Waals surface area contributed by atoms with E-state index in [4.69, 9.17) is 0 Å². The smallest absolute Gasteiger partial charge is 0.292 e. The van der Waals surface area contributed by atoms with Crippen LogP contribution in [0.4, 0.5) is 11.4 Å². The molecule has 2 heterocycles. The number of carbonyl (C=O) groups excluding carboxylic acids is 2. The molecule has 2 aromatic heterocycles. The highest BCUT2D eigenvalue weighted by Crippen LogP contribution is 2.22. The molecule has 4 aromatic rings. The van der Waals surface area contributed by atoms with Crippen LogP contribution in [-0.4, -0.2) is 21.2 Å². The average molecular weight is 398 g/mol. The van der Waals surface area contributed by atoms with Crippen molar-refractivity contribution in [2.75, 3.05) is 10.6 Å². The Morgan fingerprint density at radius 3 is 2.17 bits per heavy atom. The number of anilines is 2. The highest BCUT2D eigenvalue weighted by Gasteiger charge is 2.22. The van der Waals surface area contributed by atoms with Crippen molar-refractivity contribution in [2.24, 2.45) is 0 Å². The van der Waals surface area contributed by atoms with Gasteiger partial charge in [0.2, 0.25) is 5.82 Å². The van der Waals surface area contributed by atoms with Crippen molar-refractivity contribution in [3.63, 3.8) is 0 Å². The summed E-state index contributed by atoms with van der Waals surface area (Å²) < 4.78 is 1.63. The zero-order valence-corrected chi connectivity index (χ0v) is 17.1. The van der Waals surface area contributed by atoms with Crippen LogP contribution in [0.15, 0.2) is 66.9 Å². The van der Waals surface area contributed by atoms with Crippen molar-refractivity contribution in [2.45, 2.75) is 20.8 Å². The minimum absolute atomic E-state index is 0.153. The van der Waals surface area contributed by atoms with Crippen molar-refractivity contribution in [3.05, 3.63) is 95.1 Å². The van der Waals surface area contributed by atoms with E-state index in [0.29, 0.717) is 11.2 Å². The molecule has 0 radical (unpaired) electrons. The fraction of sp³-hybridized carbons (Fsp3) is 0.125. The summed E-state index contributed by atoms with van der Waals surface area (Å²) in [6, 6.07) is 18.7. The van der Waals surface area contributed by atoms with Crippen molar-refractivity contribution < 1.29 is 9.59 Å². The molecule has 0 fully saturated rings. The minimum Gasteiger partial charge on any atom is -0.320 e. The van der Waals surface area contributed by atoms with Gasteiger partial charge in [-0.3, -0.25) is 14.0 Å². The highest BCUT2D eigenvalue weighted by molar-refractivity contribution is 6.10. The van der Waals surface area contributed by atoms with Gasteiger partial charge in [0, 0.05) is 17.6 Å². The molecule has 0 saturated carbocycles. The Hall–Kier alpha value is -3.93. The van der Waals surface area contributed by atoms with E-state index in [2.05, 4.69) is 15.6 Å². The molecule has 0 unspecified atom stereocenters. The number of imidazole rings is 1. The zero-order valence-electron chi connectivity index (χ0n) is 17.1. The van der Waals surface area contributed by atoms with Gasteiger partial charge in [-0.25, -0.2) is 4.98 Å². The number of hydrogen-bond donors (Lipinski definition) is 2. The number of amides is 2. The lowest BCUT2D eigenvalue weighted by Crippen LogP contribution is -2.17. The topological polar surface area (TPSA) is 75.5 Å². The third kappa shape index (κ3) is 3.55. The van der Waals surface area contributed by atoms with Gasteiger partial charge in [-0.05, 0) is 55.7 Å². The predicted molar refractivity (Wildman–Crippen MR) is 118 cm³/mol. The first kappa shape index (κ1) is 19.4. The van der Waals surface area contributed by atoms with Crippen molar-refractivity contribution in [1.82, 2.24) is 9.38 Å². The van der Waals surface area contributed by atoms with E-state index in [9.17, 15) is 9.59 Å². The first-order chi connectivity index (χ1) is 14.5. The molecule has 0 bridgehead atoms. The molecule has 2 amide bonds. The monoisotopic (exact) mass is 398 g/mol. The fourth-order valence-corrected chi connectivity index (χ4v) is 3.44. The van der Waals surface area contributed by atoms with Gasteiger partial charge in [0.25, 0.3) is 11.8 Å². The molecule has 0 spiro atoms. The highest BCUT2D eigenvalue weighted by atomic mass is 16.2. The van der Waals surface area contributed by atoms with Gasteiger partial charge in [0.1, 0.15) is 0 Å². The number of carbonyl (C=O) groups is 2. The Kier molecular flexibility index (Phi) is 5.06. The molecule has 4 rings (SSSR count). The van der Waals surface area contributed by atoms with Crippen LogP contribution in [0, 0.1) is 20.8 Å². The summed E-state index contributed by atoms with van der Waals surface area (Å²) in [4.78, 5) is 30.4. The van der Waals surface area contributed by atoms with Gasteiger partial charge >= 0.3 is 0 Å². The summed E-state index contributed by atoms with van der Waals surface area (Å²) in [5.41, 5.74) is 5.10. The molecule has 0 aliphatic rings. The number of fused-ring (bicyclic) bond motifs is 1. The van der Waals surface area contributed by atoms with Crippen LogP contribution >= 0.6 is 0 Å². The molecule has 6 heteroatoms. The van der Waals surface area contributed by atoms with Crippen molar-refractivity contribution >= 4 is 28.7 Å². The molecular weight excluding hydrogens is 376 g/mol. The van der Waals surface area contributed by atoms with Gasteiger partial charge in [-0.2, -0.15) is 0 Å². The molecule has 2 N–H and O–H groups in total. The van der Waals surface area contributed by atoms with E-state index < -0.39 is 0 Å². The quantitative estimate of drug-likeness (QED) is 0.520. The third-order valence-electron chi connectivity index (χ3n) is 5.08. The number of hydrogen-bond acceptors (Lipinski definition) is 3. The average Bonchev–Trinajstić information content (AvgIpc) is 3.12. The summed E-state index contributed by atoms with van der Waals surface area (Å²) >= 11 is 0. The second kappa shape index (κ2) is 7.83. The van der Waals surface area contributed by atoms with Crippen LogP contribution in [0.25, 0.3) is 5.52 Å². The molecular formula is C24H22N4O2. The van der Waals surface area contributed by atoms with Crippen LogP contribution < -0.4 is 10.6 Å². The van der Waals surface area contributed by atoms with Crippen LogP contribution in [0.3, 0.4) is 0 Å². The molecule has 30 heavy (non-hydrogen) atoms. The maximum atomic E-state index is 13.1. The summed E-state index contributed by atoms with van der Waals surface area (Å²) in [5, 5.41) is 5.84. The second-order valence-electron chi connectivity index (χ2n) is 7.23. The number of pyridine rings is 1. The zero-order chi connectivity index (χ0) is 21.3. The van der Waals surface area contributed by atoms with Gasteiger partial charge in [0.15, 0.2) is 5.69 Å². The summed E-state index contributed by atoms with van der Waals surface area (Å²) in [6.45, 7) is 5.80. The number of benzene rings is 2. The van der Waals surface area contributed by atoms with E-state index in [1.54, 1.807) is 22.7 Å². The SMILES string of the molecule is Cc1ccccc1NC(=O)c1nc(C(=O)Nc2c(C)cccc2C)c2ccccn12. The number of para-hydroxylation sites is 2. The van der Waals surface area contributed by atoms with Crippen molar-refractivity contribution in [1.29, 1.82) is 0 Å². The Bertz CT molecular complexity index is 1250. The standard InChI is InChI=1S/C24H22N4O2/c1-15-9-4-5-12-18(15)25-24(30)22-26-21(19-13-6-7-14-28(19)22)23(29)27-20-16(2)10-8-11-17(20)3/h4-14H,1-3H3,(H,25,30)(H,27,29). The van der Waals surface area contributed by atoms with E-state index in [1.165, 1.54) is 0 Å². The lowest BCUT2D eigenvalue weighted by molar-refractivity contribution is 0.101. The maximum absolute atomic E-state index is 13.1. The van der Waals surface area contributed by atoms with Gasteiger partial charge < -0.3 is 10.6 Å². The van der Waals surface area contributed by atoms with E-state index in [-0.39, 0.29) is 23.3 Å². The number of aryl methyl sites for hydroxylation is 3. The first-order valence-corrected chi connectivity index (χ1v) is 9.67. The Morgan fingerprint density at radius 2 is 1.43 bits per heavy atom. The summed E-state index contributed by atoms with van der Waals surface area (Å²) in [7, 11) is 0. The largest absolute Gasteiger partial charge is 0.320 e. The molecule has 6 nitrogen and oxygen atoms in total. The van der Waals surface area contributed by atoms with Crippen LogP contribution in [-0.2, 0) is 0 Å². The number of aromatic nitrogens is 2. The summed E-state index contributed by atoms with van der Waals surface area (Å²) in [6.07, 6.45) is 1.73. The molecule has 150 valence electrons. The predicted octanol–water partition coefficient (Wildman–Crippen LogP) is 4.76. The van der Waals surface area contributed by atoms with Crippen LogP contribution in [0.1, 0.15) is 37.8 Å². The lowest BCUT2D eigenvalue weighted by atomic mass is 10.1. The van der Waals surface area contributed by atoms with E-state index in [1.807, 2.05) is 69.3 Å². The Balaban J connectivity index is 1.71. The van der Waals surface area contributed by atoms with Gasteiger partial charge in [0.05, 0.1) is 5.52 Å². The minimum atomic E-state index is -0.378. The van der Waals surface area contributed by atoms with E-state index in [0.717, 1.165) is 22.4 Å². The number of rotatable bonds is 4. The van der Waals surface area contributed by atoms with Gasteiger partial charge in [-0.15, -0.1) is 0 Å². The molecule has 0 aliphatic carbocycles. The number of nitrogens with zero attached hydrogens (tertiary/aromatic N) is 2. The fourth-order valence-electron chi connectivity index (χ4n) is 3.44. The second-order valence-corrected chi connectivity index (χ2v) is 7.23. The first-order valence-electron chi connectivity index (χ1n) is 9.67. The normalized spacial score (nSPS) is 10.8. The lowest BCUT2D eigenvalue weighted by Gasteiger charge is -2.10. The molecule has 0 atom stereocenters. The van der Waals surface area contributed by atoms with Crippen molar-refractivity contribution in [3.8, 4) is 0 Å². The van der Waals surface area contributed by atoms with Gasteiger partial charge in [-0.1, -0.05) is 42.5 Å². The maximum Gasteiger partial charge on any atom is 0.292 e. The van der Waals surface area contributed by atoms with Crippen LogP contribution in [0.2, 0.25) is 0 Å².